The van der Waals surface area contributed by atoms with Crippen LogP contribution in [0.1, 0.15) is 28.4 Å². The second-order valence-corrected chi connectivity index (χ2v) is 8.48. The molecule has 1 aliphatic rings. The first-order valence-electron chi connectivity index (χ1n) is 11.0. The van der Waals surface area contributed by atoms with Gasteiger partial charge in [-0.05, 0) is 43.3 Å². The van der Waals surface area contributed by atoms with Gasteiger partial charge in [0.25, 0.3) is 5.56 Å². The van der Waals surface area contributed by atoms with Crippen molar-refractivity contribution in [3.8, 4) is 11.5 Å². The third-order valence-electron chi connectivity index (χ3n) is 6.29. The Hall–Kier alpha value is -3.09. The lowest BCUT2D eigenvalue weighted by Gasteiger charge is -2.38. The van der Waals surface area contributed by atoms with E-state index in [1.54, 1.807) is 17.7 Å². The van der Waals surface area contributed by atoms with Crippen LogP contribution in [-0.4, -0.2) is 59.8 Å². The average molecular weight is 434 g/mol. The second-order valence-electron chi connectivity index (χ2n) is 8.48. The summed E-state index contributed by atoms with van der Waals surface area (Å²) >= 11 is 0. The second kappa shape index (κ2) is 9.59. The average Bonchev–Trinajstić information content (AvgIpc) is 2.81. The largest absolute Gasteiger partial charge is 0.507 e. The summed E-state index contributed by atoms with van der Waals surface area (Å²) in [7, 11) is 3.74. The first-order valence-corrected chi connectivity index (χ1v) is 11.0. The Bertz CT molecular complexity index is 1120. The number of aryl methyl sites for hydroxylation is 1. The molecule has 3 aromatic rings. The molecule has 1 atom stereocenters. The summed E-state index contributed by atoms with van der Waals surface area (Å²) in [5.74, 6) is 0.779. The summed E-state index contributed by atoms with van der Waals surface area (Å²) in [4.78, 5) is 18.4. The molecule has 2 heterocycles. The van der Waals surface area contributed by atoms with Crippen LogP contribution in [-0.2, 0) is 6.54 Å². The molecule has 0 radical (unpaired) electrons. The van der Waals surface area contributed by atoms with E-state index in [4.69, 9.17) is 4.74 Å². The Morgan fingerprint density at radius 1 is 1.00 bits per heavy atom. The first kappa shape index (κ1) is 22.1. The predicted molar refractivity (Wildman–Crippen MR) is 127 cm³/mol. The Morgan fingerprint density at radius 3 is 2.41 bits per heavy atom. The number of aromatic hydroxyl groups is 1. The van der Waals surface area contributed by atoms with Crippen LogP contribution in [0.5, 0.6) is 11.5 Å². The smallest absolute Gasteiger partial charge is 0.259 e. The van der Waals surface area contributed by atoms with Crippen LogP contribution in [0, 0.1) is 6.92 Å². The Morgan fingerprint density at radius 2 is 1.72 bits per heavy atom. The maximum atomic E-state index is 13.8. The van der Waals surface area contributed by atoms with Crippen molar-refractivity contribution in [2.45, 2.75) is 19.5 Å². The monoisotopic (exact) mass is 433 g/mol. The predicted octanol–water partition coefficient (Wildman–Crippen LogP) is 3.26. The van der Waals surface area contributed by atoms with Gasteiger partial charge in [0.05, 0.1) is 25.3 Å². The summed E-state index contributed by atoms with van der Waals surface area (Å²) in [5, 5.41) is 11.0. The lowest BCUT2D eigenvalue weighted by molar-refractivity contribution is 0.125. The van der Waals surface area contributed by atoms with Crippen molar-refractivity contribution in [3.05, 3.63) is 93.4 Å². The van der Waals surface area contributed by atoms with Gasteiger partial charge in [-0.15, -0.1) is 0 Å². The normalized spacial score (nSPS) is 16.1. The lowest BCUT2D eigenvalue weighted by atomic mass is 9.95. The van der Waals surface area contributed by atoms with Gasteiger partial charge >= 0.3 is 0 Å². The van der Waals surface area contributed by atoms with Gasteiger partial charge < -0.3 is 19.3 Å². The van der Waals surface area contributed by atoms with Gasteiger partial charge in [0.15, 0.2) is 0 Å². The Labute approximate surface area is 189 Å². The molecule has 6 heteroatoms. The molecule has 0 amide bonds. The molecule has 0 spiro atoms. The number of hydrogen-bond acceptors (Lipinski definition) is 5. The number of methoxy groups -OCH3 is 1. The van der Waals surface area contributed by atoms with Crippen LogP contribution in [0.25, 0.3) is 0 Å². The van der Waals surface area contributed by atoms with E-state index >= 15 is 0 Å². The molecule has 4 rings (SSSR count). The van der Waals surface area contributed by atoms with Gasteiger partial charge in [0, 0.05) is 31.9 Å². The van der Waals surface area contributed by atoms with E-state index in [0.29, 0.717) is 12.1 Å². The van der Waals surface area contributed by atoms with Gasteiger partial charge in [-0.1, -0.05) is 42.5 Å². The van der Waals surface area contributed by atoms with Crippen LogP contribution >= 0.6 is 0 Å². The van der Waals surface area contributed by atoms with E-state index in [9.17, 15) is 9.90 Å². The summed E-state index contributed by atoms with van der Waals surface area (Å²) in [6, 6.07) is 19.1. The van der Waals surface area contributed by atoms with Crippen molar-refractivity contribution in [2.24, 2.45) is 0 Å². The van der Waals surface area contributed by atoms with Crippen molar-refractivity contribution in [2.75, 3.05) is 40.3 Å². The van der Waals surface area contributed by atoms with Gasteiger partial charge in [-0.3, -0.25) is 9.69 Å². The molecular formula is C26H31N3O3. The fraction of sp³-hybridized carbons (Fsp3) is 0.346. The standard InChI is InChI=1S/C26H31N3O3/c1-19-16-23(30)24(26(31)29(19)18-20-8-5-4-6-9-20)25(28-14-12-27(2)13-15-28)21-10-7-11-22(17-21)32-3/h4-11,16-17,25,30H,12-15,18H2,1-3H3/t25-/m0/s1. The van der Waals surface area contributed by atoms with Crippen molar-refractivity contribution in [1.82, 2.24) is 14.4 Å². The number of aromatic nitrogens is 1. The SMILES string of the molecule is COc1cccc([C@@H](c2c(O)cc(C)n(Cc3ccccc3)c2=O)N2CCN(C)CC2)c1. The number of ether oxygens (including phenoxy) is 1. The van der Waals surface area contributed by atoms with Crippen molar-refractivity contribution >= 4 is 0 Å². The van der Waals surface area contributed by atoms with E-state index in [1.165, 1.54) is 0 Å². The Kier molecular flexibility index (Phi) is 6.63. The van der Waals surface area contributed by atoms with E-state index in [2.05, 4.69) is 16.8 Å². The lowest BCUT2D eigenvalue weighted by Crippen LogP contribution is -2.47. The van der Waals surface area contributed by atoms with E-state index in [0.717, 1.165) is 48.7 Å². The molecule has 1 fully saturated rings. The minimum atomic E-state index is -0.353. The molecule has 0 saturated carbocycles. The summed E-state index contributed by atoms with van der Waals surface area (Å²) < 4.78 is 7.21. The van der Waals surface area contributed by atoms with Gasteiger partial charge in [0.2, 0.25) is 0 Å². The molecule has 6 nitrogen and oxygen atoms in total. The summed E-state index contributed by atoms with van der Waals surface area (Å²) in [5.41, 5.74) is 2.99. The molecule has 1 aromatic heterocycles. The molecule has 1 aliphatic heterocycles. The highest BCUT2D eigenvalue weighted by atomic mass is 16.5. The zero-order valence-electron chi connectivity index (χ0n) is 19.0. The van der Waals surface area contributed by atoms with Crippen molar-refractivity contribution < 1.29 is 9.84 Å². The summed E-state index contributed by atoms with van der Waals surface area (Å²) in [6.45, 7) is 5.76. The van der Waals surface area contributed by atoms with Crippen LogP contribution in [0.15, 0.2) is 65.5 Å². The highest BCUT2D eigenvalue weighted by molar-refractivity contribution is 5.43. The van der Waals surface area contributed by atoms with Crippen molar-refractivity contribution in [1.29, 1.82) is 0 Å². The topological polar surface area (TPSA) is 57.9 Å². The van der Waals surface area contributed by atoms with Gasteiger partial charge in [-0.2, -0.15) is 0 Å². The molecule has 0 bridgehead atoms. The van der Waals surface area contributed by atoms with Crippen LogP contribution < -0.4 is 10.3 Å². The molecule has 168 valence electrons. The molecule has 2 aromatic carbocycles. The quantitative estimate of drug-likeness (QED) is 0.647. The molecule has 0 aliphatic carbocycles. The minimum absolute atomic E-state index is 0.0450. The minimum Gasteiger partial charge on any atom is -0.507 e. The van der Waals surface area contributed by atoms with Crippen molar-refractivity contribution in [3.63, 3.8) is 0 Å². The zero-order chi connectivity index (χ0) is 22.7. The fourth-order valence-corrected chi connectivity index (χ4v) is 4.44. The van der Waals surface area contributed by atoms with E-state index < -0.39 is 0 Å². The fourth-order valence-electron chi connectivity index (χ4n) is 4.44. The van der Waals surface area contributed by atoms with Crippen LogP contribution in [0.3, 0.4) is 0 Å². The third-order valence-corrected chi connectivity index (χ3v) is 6.29. The van der Waals surface area contributed by atoms with Crippen LogP contribution in [0.4, 0.5) is 0 Å². The molecule has 32 heavy (non-hydrogen) atoms. The van der Waals surface area contributed by atoms with Gasteiger partial charge in [0.1, 0.15) is 11.5 Å². The summed E-state index contributed by atoms with van der Waals surface area (Å²) in [6.07, 6.45) is 0. The van der Waals surface area contributed by atoms with Gasteiger partial charge in [-0.25, -0.2) is 0 Å². The maximum absolute atomic E-state index is 13.8. The van der Waals surface area contributed by atoms with E-state index in [-0.39, 0.29) is 17.4 Å². The number of hydrogen-bond donors (Lipinski definition) is 1. The third kappa shape index (κ3) is 4.56. The maximum Gasteiger partial charge on any atom is 0.259 e. The highest BCUT2D eigenvalue weighted by Gasteiger charge is 2.31. The molecule has 1 N–H and O–H groups in total. The first-order chi connectivity index (χ1) is 15.5. The molecule has 0 unspecified atom stereocenters. The number of rotatable bonds is 6. The number of pyridine rings is 1. The van der Waals surface area contributed by atoms with E-state index in [1.807, 2.05) is 61.5 Å². The Balaban J connectivity index is 1.84. The number of nitrogens with zero attached hydrogens (tertiary/aromatic N) is 3. The van der Waals surface area contributed by atoms with Crippen LogP contribution in [0.2, 0.25) is 0 Å². The zero-order valence-corrected chi connectivity index (χ0v) is 19.0. The molecular weight excluding hydrogens is 402 g/mol. The molecule has 1 saturated heterocycles. The number of benzene rings is 2. The number of piperazine rings is 1. The number of likely N-dealkylation sites (N-methyl/N-ethyl adjacent to an activating group) is 1. The highest BCUT2D eigenvalue weighted by Crippen LogP contribution is 2.34.